The third kappa shape index (κ3) is 6.07. The summed E-state index contributed by atoms with van der Waals surface area (Å²) in [5, 5.41) is 12.0. The summed E-state index contributed by atoms with van der Waals surface area (Å²) in [7, 11) is 0. The van der Waals surface area contributed by atoms with E-state index < -0.39 is 0 Å². The smallest absolute Gasteiger partial charge is 0.144 e. The second-order valence-electron chi connectivity index (χ2n) is 4.50. The molecule has 0 radical (unpaired) electrons. The zero-order chi connectivity index (χ0) is 14.1. The molecule has 0 aliphatic heterocycles. The molecule has 0 atom stereocenters. The predicted molar refractivity (Wildman–Crippen MR) is 84.1 cm³/mol. The van der Waals surface area contributed by atoms with Crippen molar-refractivity contribution in [2.24, 2.45) is 0 Å². The SMILES string of the molecule is CC(C)Oc1cccc(NCCSCCCO)c1N. The van der Waals surface area contributed by atoms with Gasteiger partial charge in [0.15, 0.2) is 0 Å². The summed E-state index contributed by atoms with van der Waals surface area (Å²) in [5.41, 5.74) is 7.65. The van der Waals surface area contributed by atoms with Gasteiger partial charge in [0.2, 0.25) is 0 Å². The molecule has 0 fully saturated rings. The molecule has 0 aliphatic carbocycles. The molecular weight excluding hydrogens is 260 g/mol. The van der Waals surface area contributed by atoms with Crippen molar-refractivity contribution < 1.29 is 9.84 Å². The third-order valence-electron chi connectivity index (χ3n) is 2.44. The Morgan fingerprint density at radius 3 is 2.84 bits per heavy atom. The molecule has 0 unspecified atom stereocenters. The fourth-order valence-electron chi connectivity index (χ4n) is 1.58. The molecule has 0 amide bonds. The second kappa shape index (κ2) is 8.93. The minimum absolute atomic E-state index is 0.117. The van der Waals surface area contributed by atoms with Crippen molar-refractivity contribution in [1.29, 1.82) is 0 Å². The van der Waals surface area contributed by atoms with E-state index in [1.807, 2.05) is 43.8 Å². The number of aliphatic hydroxyl groups is 1. The molecule has 0 spiro atoms. The van der Waals surface area contributed by atoms with E-state index in [0.717, 1.165) is 35.9 Å². The van der Waals surface area contributed by atoms with Crippen LogP contribution in [0.3, 0.4) is 0 Å². The summed E-state index contributed by atoms with van der Waals surface area (Å²) >= 11 is 1.82. The highest BCUT2D eigenvalue weighted by Crippen LogP contribution is 2.30. The van der Waals surface area contributed by atoms with Gasteiger partial charge >= 0.3 is 0 Å². The molecule has 0 saturated carbocycles. The number of thioether (sulfide) groups is 1. The lowest BCUT2D eigenvalue weighted by Crippen LogP contribution is -2.10. The molecule has 0 bridgehead atoms. The predicted octanol–water partition coefficient (Wildman–Crippen LogP) is 2.58. The van der Waals surface area contributed by atoms with Gasteiger partial charge in [-0.1, -0.05) is 6.07 Å². The van der Waals surface area contributed by atoms with Crippen LogP contribution in [-0.4, -0.2) is 35.9 Å². The van der Waals surface area contributed by atoms with Crippen molar-refractivity contribution in [3.63, 3.8) is 0 Å². The van der Waals surface area contributed by atoms with E-state index in [0.29, 0.717) is 5.69 Å². The number of anilines is 2. The number of hydrogen-bond donors (Lipinski definition) is 3. The summed E-state index contributed by atoms with van der Waals surface area (Å²) in [5.74, 6) is 2.71. The lowest BCUT2D eigenvalue weighted by molar-refractivity contribution is 0.244. The van der Waals surface area contributed by atoms with Crippen LogP contribution < -0.4 is 15.8 Å². The van der Waals surface area contributed by atoms with Gasteiger partial charge in [0.05, 0.1) is 17.5 Å². The number of hydrogen-bond acceptors (Lipinski definition) is 5. The summed E-state index contributed by atoms with van der Waals surface area (Å²) in [6, 6.07) is 5.78. The number of nitrogens with one attached hydrogen (secondary N) is 1. The van der Waals surface area contributed by atoms with Gasteiger partial charge in [-0.2, -0.15) is 11.8 Å². The van der Waals surface area contributed by atoms with Crippen molar-refractivity contribution >= 4 is 23.1 Å². The van der Waals surface area contributed by atoms with E-state index in [4.69, 9.17) is 15.6 Å². The van der Waals surface area contributed by atoms with Gasteiger partial charge in [0.25, 0.3) is 0 Å². The molecule has 1 aromatic rings. The van der Waals surface area contributed by atoms with E-state index in [1.54, 1.807) is 0 Å². The Hall–Kier alpha value is -1.07. The number of rotatable bonds is 9. The summed E-state index contributed by atoms with van der Waals surface area (Å²) in [4.78, 5) is 0. The van der Waals surface area contributed by atoms with Gasteiger partial charge in [-0.15, -0.1) is 0 Å². The van der Waals surface area contributed by atoms with Crippen molar-refractivity contribution in [3.8, 4) is 5.75 Å². The van der Waals surface area contributed by atoms with Crippen LogP contribution in [0.15, 0.2) is 18.2 Å². The first-order valence-electron chi connectivity index (χ1n) is 6.62. The normalized spacial score (nSPS) is 10.7. The molecule has 19 heavy (non-hydrogen) atoms. The minimum Gasteiger partial charge on any atom is -0.489 e. The maximum atomic E-state index is 8.68. The molecule has 4 N–H and O–H groups in total. The van der Waals surface area contributed by atoms with Crippen LogP contribution in [0.4, 0.5) is 11.4 Å². The fourth-order valence-corrected chi connectivity index (χ4v) is 2.37. The van der Waals surface area contributed by atoms with E-state index in [1.165, 1.54) is 0 Å². The summed E-state index contributed by atoms with van der Waals surface area (Å²) in [6.07, 6.45) is 0.969. The molecule has 0 heterocycles. The number of nitrogen functional groups attached to an aromatic ring is 1. The molecule has 0 aliphatic rings. The van der Waals surface area contributed by atoms with Gasteiger partial charge in [-0.3, -0.25) is 0 Å². The monoisotopic (exact) mass is 284 g/mol. The highest BCUT2D eigenvalue weighted by atomic mass is 32.2. The quantitative estimate of drug-likeness (QED) is 0.480. The van der Waals surface area contributed by atoms with Gasteiger partial charge < -0.3 is 20.9 Å². The van der Waals surface area contributed by atoms with Crippen LogP contribution >= 0.6 is 11.8 Å². The molecular formula is C14H24N2O2S. The molecule has 0 saturated heterocycles. The van der Waals surface area contributed by atoms with Crippen molar-refractivity contribution in [1.82, 2.24) is 0 Å². The van der Waals surface area contributed by atoms with E-state index in [9.17, 15) is 0 Å². The minimum atomic E-state index is 0.117. The average Bonchev–Trinajstić information content (AvgIpc) is 2.37. The number of benzene rings is 1. The maximum absolute atomic E-state index is 8.68. The van der Waals surface area contributed by atoms with Gasteiger partial charge in [-0.05, 0) is 38.2 Å². The van der Waals surface area contributed by atoms with Crippen LogP contribution in [-0.2, 0) is 0 Å². The number of aliphatic hydroxyl groups excluding tert-OH is 1. The second-order valence-corrected chi connectivity index (χ2v) is 5.73. The maximum Gasteiger partial charge on any atom is 0.144 e. The lowest BCUT2D eigenvalue weighted by Gasteiger charge is -2.15. The lowest BCUT2D eigenvalue weighted by atomic mass is 10.2. The summed E-state index contributed by atoms with van der Waals surface area (Å²) in [6.45, 7) is 5.09. The van der Waals surface area contributed by atoms with E-state index >= 15 is 0 Å². The highest BCUT2D eigenvalue weighted by molar-refractivity contribution is 7.99. The molecule has 5 heteroatoms. The van der Waals surface area contributed by atoms with E-state index in [-0.39, 0.29) is 12.7 Å². The van der Waals surface area contributed by atoms with Crippen molar-refractivity contribution in [2.75, 3.05) is 35.7 Å². The Morgan fingerprint density at radius 2 is 2.16 bits per heavy atom. The highest BCUT2D eigenvalue weighted by Gasteiger charge is 2.06. The fraction of sp³-hybridized carbons (Fsp3) is 0.571. The number of nitrogens with two attached hydrogens (primary N) is 1. The van der Waals surface area contributed by atoms with Crippen molar-refractivity contribution in [3.05, 3.63) is 18.2 Å². The first-order valence-corrected chi connectivity index (χ1v) is 7.78. The summed E-state index contributed by atoms with van der Waals surface area (Å²) < 4.78 is 5.65. The Morgan fingerprint density at radius 1 is 1.37 bits per heavy atom. The van der Waals surface area contributed by atoms with E-state index in [2.05, 4.69) is 5.32 Å². The van der Waals surface area contributed by atoms with Gasteiger partial charge in [-0.25, -0.2) is 0 Å². The van der Waals surface area contributed by atoms with Gasteiger partial charge in [0, 0.05) is 18.9 Å². The zero-order valence-electron chi connectivity index (χ0n) is 11.7. The first kappa shape index (κ1) is 16.0. The molecule has 1 rings (SSSR count). The van der Waals surface area contributed by atoms with Gasteiger partial charge in [0.1, 0.15) is 5.75 Å². The van der Waals surface area contributed by atoms with Crippen LogP contribution in [0.25, 0.3) is 0 Å². The molecule has 108 valence electrons. The largest absolute Gasteiger partial charge is 0.489 e. The van der Waals surface area contributed by atoms with Crippen LogP contribution in [0.5, 0.6) is 5.75 Å². The molecule has 0 aromatic heterocycles. The average molecular weight is 284 g/mol. The molecule has 4 nitrogen and oxygen atoms in total. The Labute approximate surface area is 119 Å². The number of ether oxygens (including phenoxy) is 1. The van der Waals surface area contributed by atoms with Crippen LogP contribution in [0, 0.1) is 0 Å². The van der Waals surface area contributed by atoms with Crippen LogP contribution in [0.1, 0.15) is 20.3 Å². The Kier molecular flexibility index (Phi) is 7.52. The zero-order valence-corrected chi connectivity index (χ0v) is 12.5. The first-order chi connectivity index (χ1) is 9.15. The van der Waals surface area contributed by atoms with Crippen molar-refractivity contribution in [2.45, 2.75) is 26.4 Å². The Balaban J connectivity index is 2.41. The standard InChI is InChI=1S/C14H24N2O2S/c1-11(2)18-13-6-3-5-12(14(13)15)16-7-10-19-9-4-8-17/h3,5-6,11,16-17H,4,7-10,15H2,1-2H3. The Bertz CT molecular complexity index is 372. The van der Waals surface area contributed by atoms with Crippen LogP contribution in [0.2, 0.25) is 0 Å². The molecule has 1 aromatic carbocycles. The topological polar surface area (TPSA) is 67.5 Å². The third-order valence-corrected chi connectivity index (χ3v) is 3.51. The number of para-hydroxylation sites is 1.